The summed E-state index contributed by atoms with van der Waals surface area (Å²) in [5.74, 6) is -0.260. The molecule has 1 fully saturated rings. The summed E-state index contributed by atoms with van der Waals surface area (Å²) >= 11 is 0. The van der Waals surface area contributed by atoms with Gasteiger partial charge in [-0.05, 0) is 58.0 Å². The Morgan fingerprint density at radius 2 is 1.96 bits per heavy atom. The highest BCUT2D eigenvalue weighted by molar-refractivity contribution is 6.04. The van der Waals surface area contributed by atoms with Crippen LogP contribution in [0.5, 0.6) is 0 Å². The van der Waals surface area contributed by atoms with E-state index in [0.717, 1.165) is 43.0 Å². The third-order valence-corrected chi connectivity index (χ3v) is 4.92. The van der Waals surface area contributed by atoms with E-state index in [1.807, 2.05) is 55.1 Å². The van der Waals surface area contributed by atoms with E-state index in [9.17, 15) is 4.79 Å². The van der Waals surface area contributed by atoms with Gasteiger partial charge < -0.3 is 10.6 Å². The molecule has 0 aliphatic carbocycles. The van der Waals surface area contributed by atoms with Crippen LogP contribution in [0.4, 0.5) is 5.69 Å². The van der Waals surface area contributed by atoms with Gasteiger partial charge in [0.25, 0.3) is 5.91 Å². The van der Waals surface area contributed by atoms with E-state index in [0.29, 0.717) is 17.4 Å². The molecule has 27 heavy (non-hydrogen) atoms. The Hall–Kier alpha value is -3.00. The van der Waals surface area contributed by atoms with Gasteiger partial charge in [-0.3, -0.25) is 4.79 Å². The average Bonchev–Trinajstić information content (AvgIpc) is 3.28. The van der Waals surface area contributed by atoms with Crippen LogP contribution in [0.25, 0.3) is 5.69 Å². The maximum Gasteiger partial charge on any atom is 0.278 e. The van der Waals surface area contributed by atoms with E-state index in [1.165, 1.54) is 0 Å². The van der Waals surface area contributed by atoms with Crippen molar-refractivity contribution < 1.29 is 4.79 Å². The van der Waals surface area contributed by atoms with Crippen molar-refractivity contribution in [1.29, 1.82) is 0 Å². The van der Waals surface area contributed by atoms with Crippen molar-refractivity contribution in [3.63, 3.8) is 0 Å². The SMILES string of the molecule is Cc1ccn(-c2ccccc2NC(=O)c2nnn(C3CCNCC3)c2C)n1. The Morgan fingerprint density at radius 3 is 2.70 bits per heavy atom. The van der Waals surface area contributed by atoms with E-state index in [1.54, 1.807) is 4.68 Å². The van der Waals surface area contributed by atoms with Gasteiger partial charge in [0.15, 0.2) is 5.69 Å². The summed E-state index contributed by atoms with van der Waals surface area (Å²) < 4.78 is 3.64. The number of aryl methyl sites for hydroxylation is 1. The fraction of sp³-hybridized carbons (Fsp3) is 0.368. The number of piperidine rings is 1. The number of carbonyl (C=O) groups is 1. The quantitative estimate of drug-likeness (QED) is 0.740. The number of hydrogen-bond acceptors (Lipinski definition) is 5. The molecule has 0 saturated carbocycles. The van der Waals surface area contributed by atoms with Crippen molar-refractivity contribution in [3.8, 4) is 5.69 Å². The van der Waals surface area contributed by atoms with Crippen LogP contribution < -0.4 is 10.6 Å². The van der Waals surface area contributed by atoms with Crippen LogP contribution in [0.2, 0.25) is 0 Å². The van der Waals surface area contributed by atoms with Gasteiger partial charge in [0, 0.05) is 6.20 Å². The van der Waals surface area contributed by atoms with Gasteiger partial charge in [-0.15, -0.1) is 5.10 Å². The zero-order chi connectivity index (χ0) is 18.8. The maximum atomic E-state index is 12.9. The lowest BCUT2D eigenvalue weighted by atomic mass is 10.1. The van der Waals surface area contributed by atoms with E-state index in [4.69, 9.17) is 0 Å². The normalized spacial score (nSPS) is 15.0. The molecule has 2 N–H and O–H groups in total. The van der Waals surface area contributed by atoms with Crippen molar-refractivity contribution in [1.82, 2.24) is 30.1 Å². The first-order valence-corrected chi connectivity index (χ1v) is 9.19. The molecule has 3 aromatic rings. The molecular weight excluding hydrogens is 342 g/mol. The Labute approximate surface area is 157 Å². The molecule has 8 heteroatoms. The molecule has 0 radical (unpaired) electrons. The van der Waals surface area contributed by atoms with Gasteiger partial charge in [-0.25, -0.2) is 9.36 Å². The summed E-state index contributed by atoms with van der Waals surface area (Å²) in [6.07, 6.45) is 3.86. The molecule has 8 nitrogen and oxygen atoms in total. The van der Waals surface area contributed by atoms with Crippen LogP contribution in [0.15, 0.2) is 36.5 Å². The molecule has 1 saturated heterocycles. The molecule has 0 spiro atoms. The Bertz CT molecular complexity index is 953. The first-order chi connectivity index (χ1) is 13.1. The maximum absolute atomic E-state index is 12.9. The number of rotatable bonds is 4. The Kier molecular flexibility index (Phi) is 4.72. The molecule has 4 rings (SSSR count). The van der Waals surface area contributed by atoms with Gasteiger partial charge in [-0.1, -0.05) is 17.3 Å². The van der Waals surface area contributed by atoms with Crippen LogP contribution in [-0.4, -0.2) is 43.8 Å². The third-order valence-electron chi connectivity index (χ3n) is 4.92. The number of carbonyl (C=O) groups excluding carboxylic acids is 1. The van der Waals surface area contributed by atoms with E-state index >= 15 is 0 Å². The lowest BCUT2D eigenvalue weighted by Crippen LogP contribution is -2.30. The Morgan fingerprint density at radius 1 is 1.19 bits per heavy atom. The van der Waals surface area contributed by atoms with Crippen molar-refractivity contribution in [2.75, 3.05) is 18.4 Å². The highest BCUT2D eigenvalue weighted by atomic mass is 16.2. The number of para-hydroxylation sites is 2. The topological polar surface area (TPSA) is 89.7 Å². The number of anilines is 1. The molecule has 1 aromatic carbocycles. The summed E-state index contributed by atoms with van der Waals surface area (Å²) in [6, 6.07) is 9.79. The first kappa shape index (κ1) is 17.4. The molecule has 0 unspecified atom stereocenters. The summed E-state index contributed by atoms with van der Waals surface area (Å²) in [7, 11) is 0. The number of nitrogens with zero attached hydrogens (tertiary/aromatic N) is 5. The average molecular weight is 365 g/mol. The van der Waals surface area contributed by atoms with Crippen LogP contribution in [0, 0.1) is 13.8 Å². The van der Waals surface area contributed by atoms with Crippen LogP contribution in [-0.2, 0) is 0 Å². The Balaban J connectivity index is 1.58. The minimum atomic E-state index is -0.260. The zero-order valence-corrected chi connectivity index (χ0v) is 15.5. The van der Waals surface area contributed by atoms with Crippen molar-refractivity contribution >= 4 is 11.6 Å². The van der Waals surface area contributed by atoms with Gasteiger partial charge in [0.05, 0.1) is 28.8 Å². The largest absolute Gasteiger partial charge is 0.319 e. The molecule has 1 amide bonds. The predicted octanol–water partition coefficient (Wildman–Crippen LogP) is 2.26. The first-order valence-electron chi connectivity index (χ1n) is 9.19. The summed E-state index contributed by atoms with van der Waals surface area (Å²) in [5.41, 5.74) is 3.56. The fourth-order valence-electron chi connectivity index (χ4n) is 3.46. The van der Waals surface area contributed by atoms with E-state index in [-0.39, 0.29) is 5.91 Å². The second-order valence-corrected chi connectivity index (χ2v) is 6.82. The van der Waals surface area contributed by atoms with E-state index < -0.39 is 0 Å². The lowest BCUT2D eigenvalue weighted by Gasteiger charge is -2.23. The molecule has 3 heterocycles. The highest BCUT2D eigenvalue weighted by Gasteiger charge is 2.23. The summed E-state index contributed by atoms with van der Waals surface area (Å²) in [5, 5.41) is 19.1. The van der Waals surface area contributed by atoms with Crippen LogP contribution >= 0.6 is 0 Å². The third kappa shape index (κ3) is 3.48. The fourth-order valence-corrected chi connectivity index (χ4v) is 3.46. The lowest BCUT2D eigenvalue weighted by molar-refractivity contribution is 0.102. The predicted molar refractivity (Wildman–Crippen MR) is 102 cm³/mol. The summed E-state index contributed by atoms with van der Waals surface area (Å²) in [4.78, 5) is 12.9. The molecule has 140 valence electrons. The molecule has 1 aliphatic heterocycles. The smallest absolute Gasteiger partial charge is 0.278 e. The number of amides is 1. The second-order valence-electron chi connectivity index (χ2n) is 6.82. The van der Waals surface area contributed by atoms with Gasteiger partial charge >= 0.3 is 0 Å². The molecule has 0 bridgehead atoms. The standard InChI is InChI=1S/C19H23N7O/c1-13-9-12-25(23-13)17-6-4-3-5-16(17)21-19(27)18-14(2)26(24-22-18)15-7-10-20-11-8-15/h3-6,9,12,15,20H,7-8,10-11H2,1-2H3,(H,21,27). The van der Waals surface area contributed by atoms with Crippen molar-refractivity contribution in [3.05, 3.63) is 53.6 Å². The van der Waals surface area contributed by atoms with Crippen LogP contribution in [0.1, 0.15) is 40.8 Å². The molecular formula is C19H23N7O. The van der Waals surface area contributed by atoms with Crippen LogP contribution in [0.3, 0.4) is 0 Å². The second kappa shape index (κ2) is 7.32. The van der Waals surface area contributed by atoms with Gasteiger partial charge in [0.1, 0.15) is 0 Å². The van der Waals surface area contributed by atoms with Crippen molar-refractivity contribution in [2.45, 2.75) is 32.7 Å². The molecule has 0 atom stereocenters. The number of hydrogen-bond donors (Lipinski definition) is 2. The van der Waals surface area contributed by atoms with Crippen molar-refractivity contribution in [2.24, 2.45) is 0 Å². The minimum absolute atomic E-state index is 0.260. The van der Waals surface area contributed by atoms with E-state index in [2.05, 4.69) is 26.0 Å². The highest BCUT2D eigenvalue weighted by Crippen LogP contribution is 2.23. The number of aromatic nitrogens is 5. The zero-order valence-electron chi connectivity index (χ0n) is 15.5. The monoisotopic (exact) mass is 365 g/mol. The minimum Gasteiger partial charge on any atom is -0.319 e. The number of benzene rings is 1. The molecule has 1 aliphatic rings. The van der Waals surface area contributed by atoms with Gasteiger partial charge in [0.2, 0.25) is 0 Å². The van der Waals surface area contributed by atoms with Gasteiger partial charge in [-0.2, -0.15) is 5.10 Å². The molecule has 2 aromatic heterocycles. The summed E-state index contributed by atoms with van der Waals surface area (Å²) in [6.45, 7) is 5.75. The number of nitrogens with one attached hydrogen (secondary N) is 2.